The van der Waals surface area contributed by atoms with Gasteiger partial charge in [-0.05, 0) is 61.3 Å². The summed E-state index contributed by atoms with van der Waals surface area (Å²) in [4.78, 5) is 51.7. The van der Waals surface area contributed by atoms with Crippen molar-refractivity contribution < 1.29 is 53.1 Å². The smallest absolute Gasteiger partial charge is 0.333 e. The molecule has 0 bridgehead atoms. The number of aliphatic hydroxyl groups is 2. The summed E-state index contributed by atoms with van der Waals surface area (Å²) in [5.41, 5.74) is -2.67. The molecule has 0 aromatic rings. The molecule has 1 heterocycles. The molecule has 0 aromatic heterocycles. The average Bonchev–Trinajstić information content (AvgIpc) is 3.64. The Morgan fingerprint density at radius 2 is 1.44 bits per heavy atom. The SMILES string of the molecule is C=C(C)C1CC(O)C(C)(O)C(OC(=O)/C(C)=C\C)C(OC(C)=O)C2OC2(C)C(OC(=O)/C(C)=C\C)C1OC(=O)C(C)CC. The van der Waals surface area contributed by atoms with Crippen LogP contribution in [0.4, 0.5) is 0 Å². The summed E-state index contributed by atoms with van der Waals surface area (Å²) < 4.78 is 29.5. The molecule has 11 nitrogen and oxygen atoms in total. The van der Waals surface area contributed by atoms with Gasteiger partial charge in [0.2, 0.25) is 0 Å². The Bertz CT molecular complexity index is 1150. The van der Waals surface area contributed by atoms with E-state index in [9.17, 15) is 29.4 Å². The number of esters is 4. The Morgan fingerprint density at radius 1 is 0.930 bits per heavy atom. The maximum atomic E-state index is 13.2. The quantitative estimate of drug-likeness (QED) is 0.130. The molecule has 0 spiro atoms. The van der Waals surface area contributed by atoms with Crippen LogP contribution in [0.5, 0.6) is 0 Å². The molecule has 1 aliphatic heterocycles. The van der Waals surface area contributed by atoms with Crippen LogP contribution in [0.1, 0.15) is 82.1 Å². The van der Waals surface area contributed by atoms with Crippen LogP contribution in [-0.4, -0.2) is 81.9 Å². The number of carbonyl (C=O) groups is 4. The third-order valence-corrected chi connectivity index (χ3v) is 8.65. The van der Waals surface area contributed by atoms with Crippen molar-refractivity contribution in [2.24, 2.45) is 11.8 Å². The van der Waals surface area contributed by atoms with E-state index in [2.05, 4.69) is 6.58 Å². The Morgan fingerprint density at radius 3 is 1.88 bits per heavy atom. The van der Waals surface area contributed by atoms with E-state index in [1.807, 2.05) is 6.92 Å². The standard InChI is InChI=1S/C32H48O11/c1-12-17(6)28(35)40-23-21(16(4)5)15-22(34)31(10,38)25(41-29(36)18(7)13-2)24(39-20(9)33)27-32(11,43-27)26(23)42-30(37)19(8)14-3/h13-14,17,21-27,34,38H,4,12,15H2,1-3,5-11H3/b18-13-,19-14-. The first-order chi connectivity index (χ1) is 19.9. The van der Waals surface area contributed by atoms with Crippen LogP contribution in [0.3, 0.4) is 0 Å². The topological polar surface area (TPSA) is 158 Å². The number of aliphatic hydroxyl groups excluding tert-OH is 1. The molecule has 0 radical (unpaired) electrons. The second-order valence-electron chi connectivity index (χ2n) is 12.0. The third-order valence-electron chi connectivity index (χ3n) is 8.65. The predicted octanol–water partition coefficient (Wildman–Crippen LogP) is 3.50. The van der Waals surface area contributed by atoms with E-state index in [-0.39, 0.29) is 17.6 Å². The molecule has 0 aromatic carbocycles. The third kappa shape index (κ3) is 7.93. The van der Waals surface area contributed by atoms with Crippen LogP contribution >= 0.6 is 0 Å². The van der Waals surface area contributed by atoms with Gasteiger partial charge in [-0.25, -0.2) is 9.59 Å². The molecule has 11 heteroatoms. The molecule has 10 unspecified atom stereocenters. The van der Waals surface area contributed by atoms with Crippen molar-refractivity contribution in [3.63, 3.8) is 0 Å². The zero-order valence-corrected chi connectivity index (χ0v) is 27.0. The van der Waals surface area contributed by atoms with Gasteiger partial charge in [0.05, 0.1) is 12.0 Å². The van der Waals surface area contributed by atoms with Crippen molar-refractivity contribution in [1.82, 2.24) is 0 Å². The summed E-state index contributed by atoms with van der Waals surface area (Å²) in [5, 5.41) is 23.4. The monoisotopic (exact) mass is 608 g/mol. The van der Waals surface area contributed by atoms with Gasteiger partial charge >= 0.3 is 23.9 Å². The lowest BCUT2D eigenvalue weighted by Gasteiger charge is -2.44. The number of carbonyl (C=O) groups excluding carboxylic acids is 4. The molecular weight excluding hydrogens is 560 g/mol. The van der Waals surface area contributed by atoms with Crippen LogP contribution in [0.2, 0.25) is 0 Å². The highest BCUT2D eigenvalue weighted by Crippen LogP contribution is 2.51. The van der Waals surface area contributed by atoms with E-state index in [1.54, 1.807) is 47.6 Å². The fourth-order valence-corrected chi connectivity index (χ4v) is 5.07. The zero-order chi connectivity index (χ0) is 33.0. The summed E-state index contributed by atoms with van der Waals surface area (Å²) in [7, 11) is 0. The molecule has 2 rings (SSSR count). The second-order valence-corrected chi connectivity index (χ2v) is 12.0. The van der Waals surface area contributed by atoms with Crippen molar-refractivity contribution in [2.45, 2.75) is 130 Å². The van der Waals surface area contributed by atoms with Crippen molar-refractivity contribution in [2.75, 3.05) is 0 Å². The van der Waals surface area contributed by atoms with Gasteiger partial charge < -0.3 is 33.9 Å². The van der Waals surface area contributed by atoms with Gasteiger partial charge in [-0.1, -0.05) is 38.2 Å². The van der Waals surface area contributed by atoms with Crippen molar-refractivity contribution >= 4 is 23.9 Å². The lowest BCUT2D eigenvalue weighted by molar-refractivity contribution is -0.211. The van der Waals surface area contributed by atoms with Crippen molar-refractivity contribution in [3.8, 4) is 0 Å². The summed E-state index contributed by atoms with van der Waals surface area (Å²) >= 11 is 0. The van der Waals surface area contributed by atoms with Gasteiger partial charge in [-0.3, -0.25) is 9.59 Å². The van der Waals surface area contributed by atoms with E-state index >= 15 is 0 Å². The van der Waals surface area contributed by atoms with Crippen LogP contribution in [0.15, 0.2) is 35.5 Å². The van der Waals surface area contributed by atoms with Gasteiger partial charge in [0.25, 0.3) is 0 Å². The highest BCUT2D eigenvalue weighted by atomic mass is 16.7. The molecule has 1 aliphatic carbocycles. The predicted molar refractivity (Wildman–Crippen MR) is 156 cm³/mol. The van der Waals surface area contributed by atoms with Crippen LogP contribution in [-0.2, 0) is 42.9 Å². The van der Waals surface area contributed by atoms with Crippen LogP contribution in [0, 0.1) is 11.8 Å². The Hall–Kier alpha value is -3.02. The van der Waals surface area contributed by atoms with Crippen molar-refractivity contribution in [1.29, 1.82) is 0 Å². The van der Waals surface area contributed by atoms with Crippen LogP contribution in [0.25, 0.3) is 0 Å². The van der Waals surface area contributed by atoms with Gasteiger partial charge in [0, 0.05) is 24.0 Å². The molecule has 0 amide bonds. The maximum Gasteiger partial charge on any atom is 0.333 e. The average molecular weight is 609 g/mol. The van der Waals surface area contributed by atoms with Crippen LogP contribution < -0.4 is 0 Å². The van der Waals surface area contributed by atoms with E-state index in [4.69, 9.17) is 23.7 Å². The maximum absolute atomic E-state index is 13.2. The Kier molecular flexibility index (Phi) is 11.9. The summed E-state index contributed by atoms with van der Waals surface area (Å²) in [6.07, 6.45) is -4.99. The first-order valence-electron chi connectivity index (χ1n) is 14.7. The number of ether oxygens (including phenoxy) is 5. The number of epoxide rings is 1. The van der Waals surface area contributed by atoms with E-state index in [0.717, 1.165) is 6.92 Å². The minimum Gasteiger partial charge on any atom is -0.457 e. The van der Waals surface area contributed by atoms with E-state index < -0.39 is 83.5 Å². The minimum absolute atomic E-state index is 0.217. The largest absolute Gasteiger partial charge is 0.457 e. The second kappa shape index (κ2) is 14.2. The van der Waals surface area contributed by atoms with Gasteiger partial charge in [0.1, 0.15) is 23.4 Å². The summed E-state index contributed by atoms with van der Waals surface area (Å²) in [6.45, 7) is 19.6. The molecule has 43 heavy (non-hydrogen) atoms. The number of hydrogen-bond donors (Lipinski definition) is 2. The van der Waals surface area contributed by atoms with E-state index in [1.165, 1.54) is 19.9 Å². The number of allylic oxidation sites excluding steroid dienone is 2. The summed E-state index contributed by atoms with van der Waals surface area (Å²) in [6, 6.07) is 0. The zero-order valence-electron chi connectivity index (χ0n) is 27.0. The Balaban J connectivity index is 2.84. The number of fused-ring (bicyclic) bond motifs is 1. The van der Waals surface area contributed by atoms with Gasteiger partial charge in [-0.2, -0.15) is 0 Å². The molecule has 10 atom stereocenters. The fourth-order valence-electron chi connectivity index (χ4n) is 5.07. The molecule has 2 aliphatic rings. The molecule has 2 fully saturated rings. The minimum atomic E-state index is -2.19. The fraction of sp³-hybridized carbons (Fsp3) is 0.688. The molecule has 1 saturated carbocycles. The normalized spacial score (nSPS) is 35.5. The lowest BCUT2D eigenvalue weighted by atomic mass is 9.74. The molecular formula is C32H48O11. The number of hydrogen-bond acceptors (Lipinski definition) is 11. The first kappa shape index (κ1) is 36.2. The van der Waals surface area contributed by atoms with Crippen molar-refractivity contribution in [3.05, 3.63) is 35.5 Å². The van der Waals surface area contributed by atoms with Gasteiger partial charge in [-0.15, -0.1) is 0 Å². The molecule has 1 saturated heterocycles. The Labute approximate surface area is 254 Å². The highest BCUT2D eigenvalue weighted by molar-refractivity contribution is 5.88. The number of rotatable bonds is 9. The molecule has 2 N–H and O–H groups in total. The first-order valence-corrected chi connectivity index (χ1v) is 14.7. The molecule has 242 valence electrons. The lowest BCUT2D eigenvalue weighted by Crippen LogP contribution is -2.62. The van der Waals surface area contributed by atoms with E-state index in [0.29, 0.717) is 12.0 Å². The summed E-state index contributed by atoms with van der Waals surface area (Å²) in [5.74, 6) is -4.19. The van der Waals surface area contributed by atoms with Gasteiger partial charge in [0.15, 0.2) is 18.3 Å². The highest BCUT2D eigenvalue weighted by Gasteiger charge is 2.71.